The molecule has 0 saturated heterocycles. The number of aryl methyl sites for hydroxylation is 1. The van der Waals surface area contributed by atoms with Crippen molar-refractivity contribution in [3.63, 3.8) is 0 Å². The van der Waals surface area contributed by atoms with Gasteiger partial charge < -0.3 is 14.8 Å². The monoisotopic (exact) mass is 405 g/mol. The zero-order valence-electron chi connectivity index (χ0n) is 17.4. The largest absolute Gasteiger partial charge is 0.486 e. The van der Waals surface area contributed by atoms with Gasteiger partial charge in [-0.25, -0.2) is 0 Å². The molecule has 6 heteroatoms. The SMILES string of the molecule is CCCn1ncc(C(=O)NC(Cc2ccccc2)c2ccc3c(c2)OCCO3)c1C. The van der Waals surface area contributed by atoms with Gasteiger partial charge in [-0.05, 0) is 43.0 Å². The van der Waals surface area contributed by atoms with Crippen molar-refractivity contribution in [3.05, 3.63) is 77.1 Å². The first kappa shape index (κ1) is 20.0. The van der Waals surface area contributed by atoms with Crippen LogP contribution in [-0.4, -0.2) is 28.9 Å². The molecule has 1 N–H and O–H groups in total. The van der Waals surface area contributed by atoms with Crippen LogP contribution in [0.3, 0.4) is 0 Å². The zero-order chi connectivity index (χ0) is 20.9. The van der Waals surface area contributed by atoms with E-state index in [9.17, 15) is 4.79 Å². The molecule has 1 amide bonds. The standard InChI is InChI=1S/C24H27N3O3/c1-3-11-27-17(2)20(16-25-27)24(28)26-21(14-18-7-5-4-6-8-18)19-9-10-22-23(15-19)30-13-12-29-22/h4-10,15-16,21H,3,11-14H2,1-2H3,(H,26,28). The molecule has 0 saturated carbocycles. The van der Waals surface area contributed by atoms with E-state index < -0.39 is 0 Å². The van der Waals surface area contributed by atoms with E-state index in [4.69, 9.17) is 9.47 Å². The van der Waals surface area contributed by atoms with E-state index in [0.29, 0.717) is 25.2 Å². The second-order valence-electron chi connectivity index (χ2n) is 7.49. The fourth-order valence-corrected chi connectivity index (χ4v) is 3.72. The number of ether oxygens (including phenoxy) is 2. The molecular formula is C24H27N3O3. The minimum atomic E-state index is -0.204. The summed E-state index contributed by atoms with van der Waals surface area (Å²) < 4.78 is 13.3. The lowest BCUT2D eigenvalue weighted by Crippen LogP contribution is -2.30. The lowest BCUT2D eigenvalue weighted by molar-refractivity contribution is 0.0935. The minimum Gasteiger partial charge on any atom is -0.486 e. The van der Waals surface area contributed by atoms with Gasteiger partial charge in [-0.1, -0.05) is 43.3 Å². The molecular weight excluding hydrogens is 378 g/mol. The van der Waals surface area contributed by atoms with Crippen LogP contribution in [0.5, 0.6) is 11.5 Å². The Balaban J connectivity index is 1.61. The Labute approximate surface area is 176 Å². The van der Waals surface area contributed by atoms with E-state index in [-0.39, 0.29) is 11.9 Å². The van der Waals surface area contributed by atoms with Crippen LogP contribution >= 0.6 is 0 Å². The lowest BCUT2D eigenvalue weighted by atomic mass is 9.98. The summed E-state index contributed by atoms with van der Waals surface area (Å²) in [6, 6.07) is 15.8. The smallest absolute Gasteiger partial charge is 0.255 e. The minimum absolute atomic E-state index is 0.120. The molecule has 1 unspecified atom stereocenters. The summed E-state index contributed by atoms with van der Waals surface area (Å²) in [5.74, 6) is 1.34. The molecule has 0 spiro atoms. The van der Waals surface area contributed by atoms with Crippen molar-refractivity contribution < 1.29 is 14.3 Å². The van der Waals surface area contributed by atoms with Crippen LogP contribution in [0.4, 0.5) is 0 Å². The summed E-state index contributed by atoms with van der Waals surface area (Å²) in [6.45, 7) is 5.92. The molecule has 2 heterocycles. The van der Waals surface area contributed by atoms with Gasteiger partial charge in [0.1, 0.15) is 13.2 Å². The number of nitrogens with one attached hydrogen (secondary N) is 1. The molecule has 0 fully saturated rings. The highest BCUT2D eigenvalue weighted by Gasteiger charge is 2.22. The highest BCUT2D eigenvalue weighted by Crippen LogP contribution is 2.33. The lowest BCUT2D eigenvalue weighted by Gasteiger charge is -2.23. The first-order valence-electron chi connectivity index (χ1n) is 10.4. The van der Waals surface area contributed by atoms with E-state index in [1.807, 2.05) is 48.0 Å². The molecule has 156 valence electrons. The summed E-state index contributed by atoms with van der Waals surface area (Å²) in [5, 5.41) is 7.58. The number of aromatic nitrogens is 2. The van der Waals surface area contributed by atoms with Gasteiger partial charge in [0.2, 0.25) is 0 Å². The number of nitrogens with zero attached hydrogens (tertiary/aromatic N) is 2. The first-order valence-corrected chi connectivity index (χ1v) is 10.4. The van der Waals surface area contributed by atoms with Gasteiger partial charge in [0.25, 0.3) is 5.91 Å². The molecule has 0 radical (unpaired) electrons. The first-order chi connectivity index (χ1) is 14.7. The quantitative estimate of drug-likeness (QED) is 0.643. The number of hydrogen-bond donors (Lipinski definition) is 1. The van der Waals surface area contributed by atoms with Crippen molar-refractivity contribution in [2.24, 2.45) is 0 Å². The van der Waals surface area contributed by atoms with E-state index in [0.717, 1.165) is 41.3 Å². The molecule has 0 aliphatic carbocycles. The normalized spacial score (nSPS) is 13.7. The molecule has 1 aliphatic rings. The maximum Gasteiger partial charge on any atom is 0.255 e. The van der Waals surface area contributed by atoms with E-state index in [1.165, 1.54) is 0 Å². The van der Waals surface area contributed by atoms with Crippen LogP contribution in [0.2, 0.25) is 0 Å². The Kier molecular flexibility index (Phi) is 6.02. The summed E-state index contributed by atoms with van der Waals surface area (Å²) in [4.78, 5) is 13.1. The topological polar surface area (TPSA) is 65.4 Å². The Morgan fingerprint density at radius 2 is 1.90 bits per heavy atom. The molecule has 6 nitrogen and oxygen atoms in total. The second-order valence-corrected chi connectivity index (χ2v) is 7.49. The summed E-state index contributed by atoms with van der Waals surface area (Å²) in [5.41, 5.74) is 3.63. The Bertz CT molecular complexity index is 1010. The molecule has 0 bridgehead atoms. The zero-order valence-corrected chi connectivity index (χ0v) is 17.4. The number of amides is 1. The van der Waals surface area contributed by atoms with Crippen LogP contribution in [0, 0.1) is 6.92 Å². The van der Waals surface area contributed by atoms with Gasteiger partial charge in [-0.2, -0.15) is 5.10 Å². The van der Waals surface area contributed by atoms with Crippen molar-refractivity contribution in [2.75, 3.05) is 13.2 Å². The molecule has 2 aromatic carbocycles. The number of fused-ring (bicyclic) bond motifs is 1. The Hall–Kier alpha value is -3.28. The number of carbonyl (C=O) groups excluding carboxylic acids is 1. The third-order valence-corrected chi connectivity index (χ3v) is 5.34. The maximum atomic E-state index is 13.1. The highest BCUT2D eigenvalue weighted by atomic mass is 16.6. The van der Waals surface area contributed by atoms with Crippen molar-refractivity contribution in [1.82, 2.24) is 15.1 Å². The van der Waals surface area contributed by atoms with Crippen molar-refractivity contribution >= 4 is 5.91 Å². The number of benzene rings is 2. The third kappa shape index (κ3) is 4.32. The van der Waals surface area contributed by atoms with Gasteiger partial charge in [0.05, 0.1) is 17.8 Å². The van der Waals surface area contributed by atoms with Crippen LogP contribution in [0.15, 0.2) is 54.7 Å². The van der Waals surface area contributed by atoms with Crippen molar-refractivity contribution in [1.29, 1.82) is 0 Å². The molecule has 4 rings (SSSR count). The maximum absolute atomic E-state index is 13.1. The van der Waals surface area contributed by atoms with Crippen LogP contribution in [0.1, 0.15) is 46.6 Å². The summed E-state index contributed by atoms with van der Waals surface area (Å²) in [7, 11) is 0. The van der Waals surface area contributed by atoms with E-state index in [1.54, 1.807) is 6.20 Å². The van der Waals surface area contributed by atoms with Gasteiger partial charge in [0.15, 0.2) is 11.5 Å². The number of carbonyl (C=O) groups is 1. The molecule has 1 atom stereocenters. The summed E-state index contributed by atoms with van der Waals surface area (Å²) in [6.07, 6.45) is 3.30. The van der Waals surface area contributed by atoms with Crippen LogP contribution < -0.4 is 14.8 Å². The Morgan fingerprint density at radius 3 is 2.67 bits per heavy atom. The van der Waals surface area contributed by atoms with Gasteiger partial charge in [0, 0.05) is 12.2 Å². The number of rotatable bonds is 7. The third-order valence-electron chi connectivity index (χ3n) is 5.34. The van der Waals surface area contributed by atoms with Crippen molar-refractivity contribution in [3.8, 4) is 11.5 Å². The molecule has 30 heavy (non-hydrogen) atoms. The fourth-order valence-electron chi connectivity index (χ4n) is 3.72. The predicted molar refractivity (Wildman–Crippen MR) is 115 cm³/mol. The number of hydrogen-bond acceptors (Lipinski definition) is 4. The van der Waals surface area contributed by atoms with Crippen LogP contribution in [-0.2, 0) is 13.0 Å². The van der Waals surface area contributed by atoms with Gasteiger partial charge in [-0.15, -0.1) is 0 Å². The Morgan fingerprint density at radius 1 is 1.13 bits per heavy atom. The van der Waals surface area contributed by atoms with Gasteiger partial charge >= 0.3 is 0 Å². The molecule has 1 aliphatic heterocycles. The second kappa shape index (κ2) is 9.03. The van der Waals surface area contributed by atoms with E-state index >= 15 is 0 Å². The average Bonchev–Trinajstić information content (AvgIpc) is 3.14. The molecule has 3 aromatic rings. The predicted octanol–water partition coefficient (Wildman–Crippen LogP) is 4.09. The van der Waals surface area contributed by atoms with Gasteiger partial charge in [-0.3, -0.25) is 9.48 Å². The van der Waals surface area contributed by atoms with Crippen molar-refractivity contribution in [2.45, 2.75) is 39.3 Å². The highest BCUT2D eigenvalue weighted by molar-refractivity contribution is 5.95. The van der Waals surface area contributed by atoms with Crippen LogP contribution in [0.25, 0.3) is 0 Å². The average molecular weight is 405 g/mol. The van der Waals surface area contributed by atoms with E-state index in [2.05, 4.69) is 29.5 Å². The molecule has 1 aromatic heterocycles. The fraction of sp³-hybridized carbons (Fsp3) is 0.333. The summed E-state index contributed by atoms with van der Waals surface area (Å²) >= 11 is 0.